The standard InChI is InChI=1S/C26H28N4O2/c1-3-32-26-28-25(21-11-9-19(2)10-12-21)30(29-26)23-15-13-22(14-16-23)27-18-24(31)17-20-7-5-4-6-8-20/h4-16,24,27,31H,3,17-18H2,1-2H3. The van der Waals surface area contributed by atoms with E-state index in [-0.39, 0.29) is 0 Å². The van der Waals surface area contributed by atoms with Crippen molar-refractivity contribution in [1.29, 1.82) is 0 Å². The minimum atomic E-state index is -0.464. The highest BCUT2D eigenvalue weighted by Crippen LogP contribution is 2.25. The number of nitrogens with zero attached hydrogens (tertiary/aromatic N) is 3. The van der Waals surface area contributed by atoms with Gasteiger partial charge in [-0.1, -0.05) is 60.2 Å². The van der Waals surface area contributed by atoms with E-state index in [0.29, 0.717) is 25.6 Å². The number of hydrogen-bond acceptors (Lipinski definition) is 5. The third-order valence-electron chi connectivity index (χ3n) is 5.14. The van der Waals surface area contributed by atoms with Gasteiger partial charge in [-0.15, -0.1) is 5.10 Å². The zero-order valence-corrected chi connectivity index (χ0v) is 18.4. The summed E-state index contributed by atoms with van der Waals surface area (Å²) < 4.78 is 7.34. The maximum atomic E-state index is 10.3. The lowest BCUT2D eigenvalue weighted by Gasteiger charge is -2.13. The first-order chi connectivity index (χ1) is 15.6. The normalized spacial score (nSPS) is 11.8. The molecule has 0 radical (unpaired) electrons. The minimum absolute atomic E-state index is 0.356. The molecule has 1 atom stereocenters. The molecule has 164 valence electrons. The van der Waals surface area contributed by atoms with E-state index in [0.717, 1.165) is 28.3 Å². The molecular formula is C26H28N4O2. The largest absolute Gasteiger partial charge is 0.463 e. The van der Waals surface area contributed by atoms with Crippen molar-refractivity contribution < 1.29 is 9.84 Å². The first-order valence-corrected chi connectivity index (χ1v) is 10.9. The maximum Gasteiger partial charge on any atom is 0.336 e. The molecule has 0 aliphatic rings. The van der Waals surface area contributed by atoms with E-state index >= 15 is 0 Å². The molecule has 0 saturated heterocycles. The molecule has 0 amide bonds. The summed E-state index contributed by atoms with van der Waals surface area (Å²) >= 11 is 0. The lowest BCUT2D eigenvalue weighted by molar-refractivity contribution is 0.188. The van der Waals surface area contributed by atoms with Crippen LogP contribution in [0.25, 0.3) is 17.1 Å². The zero-order valence-electron chi connectivity index (χ0n) is 18.4. The van der Waals surface area contributed by atoms with Crippen molar-refractivity contribution in [3.05, 3.63) is 90.0 Å². The van der Waals surface area contributed by atoms with Crippen molar-refractivity contribution in [3.8, 4) is 23.1 Å². The number of aryl methyl sites for hydroxylation is 1. The van der Waals surface area contributed by atoms with E-state index in [1.807, 2.05) is 73.7 Å². The van der Waals surface area contributed by atoms with Crippen molar-refractivity contribution in [2.75, 3.05) is 18.5 Å². The fourth-order valence-corrected chi connectivity index (χ4v) is 3.47. The van der Waals surface area contributed by atoms with Gasteiger partial charge in [0.1, 0.15) is 0 Å². The molecule has 0 saturated carbocycles. The highest BCUT2D eigenvalue weighted by Gasteiger charge is 2.14. The molecular weight excluding hydrogens is 400 g/mol. The summed E-state index contributed by atoms with van der Waals surface area (Å²) in [4.78, 5) is 4.58. The summed E-state index contributed by atoms with van der Waals surface area (Å²) in [5, 5.41) is 18.2. The number of aliphatic hydroxyl groups is 1. The van der Waals surface area contributed by atoms with Crippen LogP contribution in [-0.2, 0) is 6.42 Å². The third kappa shape index (κ3) is 5.34. The van der Waals surface area contributed by atoms with Gasteiger partial charge in [0.25, 0.3) is 0 Å². The van der Waals surface area contributed by atoms with Crippen LogP contribution in [-0.4, -0.2) is 39.1 Å². The predicted molar refractivity (Wildman–Crippen MR) is 127 cm³/mol. The molecule has 4 aromatic rings. The molecule has 6 nitrogen and oxygen atoms in total. The Morgan fingerprint density at radius 1 is 0.969 bits per heavy atom. The number of ether oxygens (including phenoxy) is 1. The molecule has 0 fully saturated rings. The second kappa shape index (κ2) is 10.1. The van der Waals surface area contributed by atoms with Gasteiger partial charge >= 0.3 is 6.01 Å². The van der Waals surface area contributed by atoms with Crippen molar-refractivity contribution >= 4 is 5.69 Å². The Bertz CT molecular complexity index is 1120. The summed E-state index contributed by atoms with van der Waals surface area (Å²) in [6, 6.07) is 26.5. The molecule has 1 unspecified atom stereocenters. The summed E-state index contributed by atoms with van der Waals surface area (Å²) in [6.07, 6.45) is 0.152. The highest BCUT2D eigenvalue weighted by molar-refractivity contribution is 5.60. The van der Waals surface area contributed by atoms with Gasteiger partial charge in [-0.25, -0.2) is 4.68 Å². The van der Waals surface area contributed by atoms with Crippen molar-refractivity contribution in [3.63, 3.8) is 0 Å². The summed E-state index contributed by atoms with van der Waals surface area (Å²) in [6.45, 7) is 4.95. The molecule has 0 aliphatic heterocycles. The van der Waals surface area contributed by atoms with Crippen LogP contribution in [0.4, 0.5) is 5.69 Å². The predicted octanol–water partition coefficient (Wildman–Crippen LogP) is 4.66. The van der Waals surface area contributed by atoms with Gasteiger partial charge in [0.15, 0.2) is 5.82 Å². The topological polar surface area (TPSA) is 72.2 Å². The number of nitrogens with one attached hydrogen (secondary N) is 1. The summed E-state index contributed by atoms with van der Waals surface area (Å²) in [7, 11) is 0. The van der Waals surface area contributed by atoms with E-state index in [9.17, 15) is 5.11 Å². The highest BCUT2D eigenvalue weighted by atomic mass is 16.5. The van der Waals surface area contributed by atoms with E-state index in [2.05, 4.69) is 34.5 Å². The van der Waals surface area contributed by atoms with Crippen LogP contribution >= 0.6 is 0 Å². The first-order valence-electron chi connectivity index (χ1n) is 10.9. The Hall–Kier alpha value is -3.64. The smallest absolute Gasteiger partial charge is 0.336 e. The molecule has 4 rings (SSSR count). The number of benzene rings is 3. The molecule has 6 heteroatoms. The SMILES string of the molecule is CCOc1nc(-c2ccc(C)cc2)n(-c2ccc(NCC(O)Cc3ccccc3)cc2)n1. The van der Waals surface area contributed by atoms with Gasteiger partial charge in [-0.05, 0) is 43.7 Å². The van der Waals surface area contributed by atoms with E-state index in [1.165, 1.54) is 5.56 Å². The van der Waals surface area contributed by atoms with Crippen LogP contribution in [0.3, 0.4) is 0 Å². The Morgan fingerprint density at radius 2 is 1.69 bits per heavy atom. The van der Waals surface area contributed by atoms with Crippen LogP contribution in [0.15, 0.2) is 78.9 Å². The summed E-state index contributed by atoms with van der Waals surface area (Å²) in [5.74, 6) is 0.729. The second-order valence-corrected chi connectivity index (χ2v) is 7.70. The van der Waals surface area contributed by atoms with Gasteiger partial charge in [-0.3, -0.25) is 0 Å². The molecule has 2 N–H and O–H groups in total. The van der Waals surface area contributed by atoms with Crippen LogP contribution < -0.4 is 10.1 Å². The van der Waals surface area contributed by atoms with E-state index < -0.39 is 6.10 Å². The first kappa shape index (κ1) is 21.6. The lowest BCUT2D eigenvalue weighted by Crippen LogP contribution is -2.21. The van der Waals surface area contributed by atoms with Crippen molar-refractivity contribution in [1.82, 2.24) is 14.8 Å². The van der Waals surface area contributed by atoms with Gasteiger partial charge in [-0.2, -0.15) is 4.98 Å². The minimum Gasteiger partial charge on any atom is -0.463 e. The summed E-state index contributed by atoms with van der Waals surface area (Å²) in [5.41, 5.74) is 5.10. The van der Waals surface area contributed by atoms with Gasteiger partial charge in [0, 0.05) is 24.2 Å². The number of hydrogen-bond donors (Lipinski definition) is 2. The molecule has 1 aromatic heterocycles. The quantitative estimate of drug-likeness (QED) is 0.406. The Labute approximate surface area is 188 Å². The Morgan fingerprint density at radius 3 is 2.38 bits per heavy atom. The molecule has 1 heterocycles. The number of anilines is 1. The zero-order chi connectivity index (χ0) is 22.3. The number of aliphatic hydroxyl groups excluding tert-OH is 1. The molecule has 0 spiro atoms. The molecule has 0 aliphatic carbocycles. The Kier molecular flexibility index (Phi) is 6.82. The van der Waals surface area contributed by atoms with Crippen LogP contribution in [0.2, 0.25) is 0 Å². The number of rotatable bonds is 9. The maximum absolute atomic E-state index is 10.3. The van der Waals surface area contributed by atoms with E-state index in [4.69, 9.17) is 4.74 Å². The van der Waals surface area contributed by atoms with Gasteiger partial charge in [0.2, 0.25) is 0 Å². The average Bonchev–Trinajstić information content (AvgIpc) is 3.23. The average molecular weight is 429 g/mol. The molecule has 0 bridgehead atoms. The fraction of sp³-hybridized carbons (Fsp3) is 0.231. The second-order valence-electron chi connectivity index (χ2n) is 7.70. The van der Waals surface area contributed by atoms with Gasteiger partial charge in [0.05, 0.1) is 18.4 Å². The molecule has 3 aromatic carbocycles. The number of aromatic nitrogens is 3. The fourth-order valence-electron chi connectivity index (χ4n) is 3.47. The van der Waals surface area contributed by atoms with E-state index in [1.54, 1.807) is 4.68 Å². The van der Waals surface area contributed by atoms with Crippen molar-refractivity contribution in [2.45, 2.75) is 26.4 Å². The van der Waals surface area contributed by atoms with Crippen LogP contribution in [0.5, 0.6) is 6.01 Å². The van der Waals surface area contributed by atoms with Crippen molar-refractivity contribution in [2.24, 2.45) is 0 Å². The van der Waals surface area contributed by atoms with Gasteiger partial charge < -0.3 is 15.2 Å². The monoisotopic (exact) mass is 428 g/mol. The molecule has 32 heavy (non-hydrogen) atoms. The third-order valence-corrected chi connectivity index (χ3v) is 5.14. The van der Waals surface area contributed by atoms with Crippen LogP contribution in [0.1, 0.15) is 18.1 Å². The van der Waals surface area contributed by atoms with Crippen LogP contribution in [0, 0.1) is 6.92 Å². The lowest BCUT2D eigenvalue weighted by atomic mass is 10.1. The Balaban J connectivity index is 1.48.